The molecule has 2 atom stereocenters. The molecule has 2 unspecified atom stereocenters. The highest BCUT2D eigenvalue weighted by Gasteiger charge is 2.42. The number of nitrogens with zero attached hydrogens (tertiary/aromatic N) is 4. The second-order valence-corrected chi connectivity index (χ2v) is 10.4. The smallest absolute Gasteiger partial charge is 0.248 e. The zero-order chi connectivity index (χ0) is 22.2. The van der Waals surface area contributed by atoms with Crippen molar-refractivity contribution in [1.82, 2.24) is 19.3 Å². The van der Waals surface area contributed by atoms with Gasteiger partial charge < -0.3 is 23.6 Å². The number of rotatable bonds is 4. The van der Waals surface area contributed by atoms with E-state index in [1.54, 1.807) is 13.8 Å². The van der Waals surface area contributed by atoms with Gasteiger partial charge in [0.1, 0.15) is 12.3 Å². The summed E-state index contributed by atoms with van der Waals surface area (Å²) in [5, 5.41) is 3.76. The van der Waals surface area contributed by atoms with Gasteiger partial charge in [0.15, 0.2) is 16.2 Å². The number of hydrogen-bond donors (Lipinski definition) is 0. The van der Waals surface area contributed by atoms with Crippen molar-refractivity contribution < 1.29 is 27.6 Å². The first kappa shape index (κ1) is 22.4. The molecule has 0 aromatic carbocycles. The van der Waals surface area contributed by atoms with E-state index in [-0.39, 0.29) is 47.6 Å². The topological polar surface area (TPSA) is 119 Å². The lowest BCUT2D eigenvalue weighted by Gasteiger charge is -2.41. The summed E-state index contributed by atoms with van der Waals surface area (Å²) in [6, 6.07) is 0.142. The third-order valence-electron chi connectivity index (χ3n) is 6.54. The Hall–Kier alpha value is -1.82. The summed E-state index contributed by atoms with van der Waals surface area (Å²) in [7, 11) is -3.76. The fraction of sp³-hybridized carbons (Fsp3) is 0.750. The predicted octanol–water partition coefficient (Wildman–Crippen LogP) is 0.757. The molecule has 0 bridgehead atoms. The van der Waals surface area contributed by atoms with E-state index in [0.717, 1.165) is 12.8 Å². The highest BCUT2D eigenvalue weighted by atomic mass is 32.3. The highest BCUT2D eigenvalue weighted by Crippen LogP contribution is 2.32. The second-order valence-electron chi connectivity index (χ2n) is 8.55. The Kier molecular flexibility index (Phi) is 6.47. The zero-order valence-corrected chi connectivity index (χ0v) is 18.9. The van der Waals surface area contributed by atoms with Gasteiger partial charge in [0.2, 0.25) is 16.7 Å². The van der Waals surface area contributed by atoms with E-state index >= 15 is 0 Å². The van der Waals surface area contributed by atoms with Crippen LogP contribution >= 0.6 is 0 Å². The van der Waals surface area contributed by atoms with E-state index in [1.807, 2.05) is 9.80 Å². The first-order valence-electron chi connectivity index (χ1n) is 10.9. The summed E-state index contributed by atoms with van der Waals surface area (Å²) < 4.78 is 37.9. The number of aryl methyl sites for hydroxylation is 2. The third kappa shape index (κ3) is 4.41. The first-order chi connectivity index (χ1) is 14.8. The molecule has 0 radical (unpaired) electrons. The van der Waals surface area contributed by atoms with Crippen LogP contribution in [0.4, 0.5) is 0 Å². The molecular weight excluding hydrogens is 424 g/mol. The molecule has 3 saturated heterocycles. The van der Waals surface area contributed by atoms with Crippen LogP contribution in [-0.2, 0) is 28.9 Å². The Morgan fingerprint density at radius 3 is 2.55 bits per heavy atom. The average molecular weight is 455 g/mol. The molecule has 172 valence electrons. The Morgan fingerprint density at radius 2 is 1.90 bits per heavy atom. The third-order valence-corrected chi connectivity index (χ3v) is 8.65. The normalized spacial score (nSPS) is 26.2. The van der Waals surface area contributed by atoms with Crippen LogP contribution in [-0.4, -0.2) is 87.6 Å². The molecule has 3 aliphatic heterocycles. The molecule has 4 rings (SSSR count). The molecular formula is C20H30N4O6S. The number of amides is 2. The summed E-state index contributed by atoms with van der Waals surface area (Å²) in [5.41, 5.74) is 0.339. The Bertz CT molecular complexity index is 862. The Balaban J connectivity index is 1.37. The lowest BCUT2D eigenvalue weighted by molar-refractivity contribution is -0.148. The monoisotopic (exact) mass is 454 g/mol. The van der Waals surface area contributed by atoms with Gasteiger partial charge in [-0.3, -0.25) is 9.59 Å². The van der Waals surface area contributed by atoms with Crippen LogP contribution < -0.4 is 0 Å². The van der Waals surface area contributed by atoms with E-state index in [2.05, 4.69) is 5.16 Å². The molecule has 1 aromatic heterocycles. The van der Waals surface area contributed by atoms with Crippen molar-refractivity contribution >= 4 is 22.2 Å². The molecule has 31 heavy (non-hydrogen) atoms. The van der Waals surface area contributed by atoms with Crippen molar-refractivity contribution in [2.45, 2.75) is 50.5 Å². The van der Waals surface area contributed by atoms with Crippen LogP contribution in [0.25, 0.3) is 0 Å². The minimum Gasteiger partial charge on any atom is -0.593 e. The maximum atomic E-state index is 13.2. The number of likely N-dealkylation sites (tertiary alicyclic amines) is 1. The molecule has 4 heterocycles. The van der Waals surface area contributed by atoms with Gasteiger partial charge in [0.05, 0.1) is 19.1 Å². The fourth-order valence-electron chi connectivity index (χ4n) is 4.91. The minimum atomic E-state index is -3.76. The summed E-state index contributed by atoms with van der Waals surface area (Å²) in [6.45, 7) is 6.23. The molecule has 0 N–H and O–H groups in total. The van der Waals surface area contributed by atoms with Gasteiger partial charge >= 0.3 is 0 Å². The minimum absolute atomic E-state index is 0.00502. The van der Waals surface area contributed by atoms with Crippen molar-refractivity contribution in [3.63, 3.8) is 0 Å². The summed E-state index contributed by atoms with van der Waals surface area (Å²) in [5.74, 6) is -0.0647. The number of piperidine rings is 2. The molecule has 11 heteroatoms. The van der Waals surface area contributed by atoms with E-state index in [9.17, 15) is 18.4 Å². The Morgan fingerprint density at radius 1 is 1.16 bits per heavy atom. The predicted molar refractivity (Wildman–Crippen MR) is 110 cm³/mol. The number of morpholine rings is 1. The first-order valence-corrected chi connectivity index (χ1v) is 12.3. The van der Waals surface area contributed by atoms with Crippen LogP contribution in [0.3, 0.4) is 0 Å². The average Bonchev–Trinajstić information content (AvgIpc) is 3.12. The van der Waals surface area contributed by atoms with Crippen molar-refractivity contribution in [3.05, 3.63) is 11.5 Å². The fourth-order valence-corrected chi connectivity index (χ4v) is 6.72. The maximum Gasteiger partial charge on any atom is 0.248 e. The van der Waals surface area contributed by atoms with Crippen LogP contribution in [0.5, 0.6) is 0 Å². The lowest BCUT2D eigenvalue weighted by atomic mass is 9.95. The zero-order valence-electron chi connectivity index (χ0n) is 18.1. The molecule has 1 aromatic rings. The van der Waals surface area contributed by atoms with Crippen LogP contribution in [0.1, 0.15) is 37.1 Å². The molecule has 3 aliphatic rings. The van der Waals surface area contributed by atoms with Crippen molar-refractivity contribution in [2.24, 2.45) is 5.92 Å². The Labute approximate surface area is 183 Å². The van der Waals surface area contributed by atoms with E-state index in [0.29, 0.717) is 51.3 Å². The number of carbonyl (C=O) groups is 2. The molecule has 3 fully saturated rings. The quantitative estimate of drug-likeness (QED) is 0.616. The molecule has 10 nitrogen and oxygen atoms in total. The molecule has 0 aliphatic carbocycles. The van der Waals surface area contributed by atoms with Gasteiger partial charge in [-0.2, -0.15) is 0 Å². The van der Waals surface area contributed by atoms with Crippen LogP contribution in [0.15, 0.2) is 9.42 Å². The summed E-state index contributed by atoms with van der Waals surface area (Å²) in [4.78, 5) is 29.1. The maximum absolute atomic E-state index is 13.2. The lowest BCUT2D eigenvalue weighted by Crippen LogP contribution is -2.54. The van der Waals surface area contributed by atoms with Gasteiger partial charge in [-0.1, -0.05) is 9.37 Å². The summed E-state index contributed by atoms with van der Waals surface area (Å²) >= 11 is 0. The molecule has 0 spiro atoms. The van der Waals surface area contributed by atoms with Gasteiger partial charge in [0.25, 0.3) is 0 Å². The van der Waals surface area contributed by atoms with E-state index < -0.39 is 10.4 Å². The van der Waals surface area contributed by atoms with Crippen LogP contribution in [0.2, 0.25) is 0 Å². The largest absolute Gasteiger partial charge is 0.593 e. The number of ether oxygens (including phenoxy) is 1. The van der Waals surface area contributed by atoms with Crippen LogP contribution in [0, 0.1) is 19.8 Å². The standard InChI is InChI=1S/C20H30N4O6S/c1-14-19(15(2)30-21-14)31(27,28)23-7-3-4-16(12-23)20(26)22-8-5-17(6-9-22)24-10-11-29-13-18(24)25/h16-17H,3-13H2,1-2H3. The van der Waals surface area contributed by atoms with Gasteiger partial charge in [0, 0.05) is 39.1 Å². The SMILES string of the molecule is Cc1noc(C)c1[S+](=O)([O-])N1CCCC(C(=O)N2CCC(N3CCOCC3=O)CC2)C1. The van der Waals surface area contributed by atoms with E-state index in [4.69, 9.17) is 9.26 Å². The van der Waals surface area contributed by atoms with Gasteiger partial charge in [-0.05, 0) is 32.6 Å². The number of carbonyl (C=O) groups excluding carboxylic acids is 2. The highest BCUT2D eigenvalue weighted by molar-refractivity contribution is 7.95. The van der Waals surface area contributed by atoms with Crippen molar-refractivity contribution in [3.8, 4) is 0 Å². The molecule has 2 amide bonds. The van der Waals surface area contributed by atoms with Gasteiger partial charge in [-0.25, -0.2) is 0 Å². The van der Waals surface area contributed by atoms with Gasteiger partial charge in [-0.15, -0.1) is 4.31 Å². The van der Waals surface area contributed by atoms with Crippen molar-refractivity contribution in [2.75, 3.05) is 45.9 Å². The number of sulfonamides is 1. The van der Waals surface area contributed by atoms with Crippen molar-refractivity contribution in [1.29, 1.82) is 0 Å². The van der Waals surface area contributed by atoms with E-state index in [1.165, 1.54) is 4.31 Å². The second kappa shape index (κ2) is 8.97. The number of hydrogen-bond acceptors (Lipinski definition) is 7. The summed E-state index contributed by atoms with van der Waals surface area (Å²) in [6.07, 6.45) is 2.79. The molecule has 0 saturated carbocycles. The number of aromatic nitrogens is 1.